The third-order valence-corrected chi connectivity index (χ3v) is 4.62. The molecule has 2 unspecified atom stereocenters. The van der Waals surface area contributed by atoms with E-state index in [4.69, 9.17) is 4.84 Å². The number of hydrogen-bond acceptors (Lipinski definition) is 3. The predicted molar refractivity (Wildman–Crippen MR) is 92.5 cm³/mol. The van der Waals surface area contributed by atoms with Gasteiger partial charge in [-0.15, -0.1) is 0 Å². The van der Waals surface area contributed by atoms with E-state index in [-0.39, 0.29) is 11.9 Å². The van der Waals surface area contributed by atoms with Gasteiger partial charge in [-0.05, 0) is 29.9 Å². The number of hydrogen-bond donors (Lipinski definition) is 1. The highest BCUT2D eigenvalue weighted by molar-refractivity contribution is 6.04. The van der Waals surface area contributed by atoms with Crippen molar-refractivity contribution in [2.24, 2.45) is 11.1 Å². The van der Waals surface area contributed by atoms with E-state index in [0.29, 0.717) is 12.3 Å². The minimum atomic E-state index is -0.537. The number of carbonyl (C=O) groups excluding carboxylic acids is 1. The number of amides is 1. The van der Waals surface area contributed by atoms with Gasteiger partial charge >= 0.3 is 0 Å². The maximum absolute atomic E-state index is 12.6. The van der Waals surface area contributed by atoms with Gasteiger partial charge in [0.2, 0.25) is 6.10 Å². The molecule has 1 amide bonds. The monoisotopic (exact) mass is 320 g/mol. The molecule has 0 saturated heterocycles. The van der Waals surface area contributed by atoms with Crippen LogP contribution in [0.2, 0.25) is 0 Å². The third-order valence-electron chi connectivity index (χ3n) is 4.62. The van der Waals surface area contributed by atoms with Gasteiger partial charge in [0, 0.05) is 6.42 Å². The van der Waals surface area contributed by atoms with Crippen LogP contribution >= 0.6 is 0 Å². The Morgan fingerprint density at radius 2 is 1.71 bits per heavy atom. The Morgan fingerprint density at radius 3 is 2.38 bits per heavy atom. The summed E-state index contributed by atoms with van der Waals surface area (Å²) in [5.41, 5.74) is 3.00. The first kappa shape index (κ1) is 14.9. The number of oxime groups is 1. The summed E-state index contributed by atoms with van der Waals surface area (Å²) in [6.45, 7) is 0. The molecule has 2 atom stereocenters. The Morgan fingerprint density at radius 1 is 1.04 bits per heavy atom. The molecule has 1 saturated carbocycles. The molecule has 4 nitrogen and oxygen atoms in total. The van der Waals surface area contributed by atoms with Crippen LogP contribution < -0.4 is 5.32 Å². The van der Waals surface area contributed by atoms with Crippen LogP contribution in [0.25, 0.3) is 0 Å². The van der Waals surface area contributed by atoms with Gasteiger partial charge in [0.15, 0.2) is 0 Å². The van der Waals surface area contributed by atoms with Gasteiger partial charge in [-0.3, -0.25) is 4.79 Å². The van der Waals surface area contributed by atoms with E-state index in [1.807, 2.05) is 48.5 Å². The number of rotatable bonds is 5. The lowest BCUT2D eigenvalue weighted by Crippen LogP contribution is -2.38. The first-order chi connectivity index (χ1) is 11.8. The first-order valence-corrected chi connectivity index (χ1v) is 8.45. The van der Waals surface area contributed by atoms with Gasteiger partial charge in [-0.2, -0.15) is 0 Å². The number of nitrogens with one attached hydrogen (secondary N) is 1. The van der Waals surface area contributed by atoms with Crippen LogP contribution in [0, 0.1) is 5.92 Å². The smallest absolute Gasteiger partial charge is 0.264 e. The zero-order chi connectivity index (χ0) is 16.4. The van der Waals surface area contributed by atoms with Crippen LogP contribution in [0.15, 0.2) is 65.8 Å². The molecule has 1 heterocycles. The molecular weight excluding hydrogens is 300 g/mol. The fraction of sp³-hybridized carbons (Fsp3) is 0.300. The molecule has 2 aromatic carbocycles. The quantitative estimate of drug-likeness (QED) is 0.917. The van der Waals surface area contributed by atoms with E-state index in [0.717, 1.165) is 29.7 Å². The molecule has 0 spiro atoms. The summed E-state index contributed by atoms with van der Waals surface area (Å²) >= 11 is 0. The molecule has 2 aromatic rings. The molecule has 1 aliphatic carbocycles. The molecule has 24 heavy (non-hydrogen) atoms. The molecule has 4 rings (SSSR count). The highest BCUT2D eigenvalue weighted by Crippen LogP contribution is 2.41. The lowest BCUT2D eigenvalue weighted by molar-refractivity contribution is -0.132. The lowest BCUT2D eigenvalue weighted by Gasteiger charge is -2.20. The van der Waals surface area contributed by atoms with Crippen molar-refractivity contribution in [2.75, 3.05) is 0 Å². The minimum absolute atomic E-state index is 0.0723. The third kappa shape index (κ3) is 3.18. The maximum atomic E-state index is 12.6. The molecule has 0 aromatic heterocycles. The molecule has 2 aliphatic rings. The fourth-order valence-electron chi connectivity index (χ4n) is 3.13. The SMILES string of the molecule is O=C(NC(c1ccccc1)C1CC1)C1CC(c2ccccc2)=NO1. The van der Waals surface area contributed by atoms with Crippen LogP contribution in [-0.4, -0.2) is 17.7 Å². The van der Waals surface area contributed by atoms with Crippen LogP contribution in [0.5, 0.6) is 0 Å². The van der Waals surface area contributed by atoms with Crippen molar-refractivity contribution in [3.8, 4) is 0 Å². The summed E-state index contributed by atoms with van der Waals surface area (Å²) in [6, 6.07) is 20.1. The van der Waals surface area contributed by atoms with Gasteiger partial charge in [0.05, 0.1) is 11.8 Å². The molecule has 122 valence electrons. The van der Waals surface area contributed by atoms with Crippen molar-refractivity contribution in [3.05, 3.63) is 71.8 Å². The Hall–Kier alpha value is -2.62. The average molecular weight is 320 g/mol. The van der Waals surface area contributed by atoms with E-state index in [1.54, 1.807) is 0 Å². The second kappa shape index (κ2) is 6.48. The normalized spacial score (nSPS) is 20.8. The minimum Gasteiger partial charge on any atom is -0.382 e. The summed E-state index contributed by atoms with van der Waals surface area (Å²) < 4.78 is 0. The van der Waals surface area contributed by atoms with Crippen molar-refractivity contribution < 1.29 is 9.63 Å². The van der Waals surface area contributed by atoms with E-state index < -0.39 is 6.10 Å². The summed E-state index contributed by atoms with van der Waals surface area (Å²) in [4.78, 5) is 18.0. The Labute approximate surface area is 141 Å². The Kier molecular flexibility index (Phi) is 4.03. The van der Waals surface area contributed by atoms with Crippen LogP contribution in [0.1, 0.15) is 36.4 Å². The fourth-order valence-corrected chi connectivity index (χ4v) is 3.13. The van der Waals surface area contributed by atoms with Crippen LogP contribution in [0.3, 0.4) is 0 Å². The summed E-state index contributed by atoms with van der Waals surface area (Å²) in [6.07, 6.45) is 2.31. The zero-order valence-electron chi connectivity index (χ0n) is 13.4. The number of carbonyl (C=O) groups is 1. The molecular formula is C20H20N2O2. The zero-order valence-corrected chi connectivity index (χ0v) is 13.4. The molecule has 4 heteroatoms. The molecule has 1 fully saturated rings. The van der Waals surface area contributed by atoms with E-state index in [1.165, 1.54) is 0 Å². The summed E-state index contributed by atoms with van der Waals surface area (Å²) in [5.74, 6) is 0.456. The molecule has 1 aliphatic heterocycles. The van der Waals surface area contributed by atoms with Crippen molar-refractivity contribution in [2.45, 2.75) is 31.4 Å². The molecule has 1 N–H and O–H groups in total. The van der Waals surface area contributed by atoms with E-state index in [9.17, 15) is 4.79 Å². The Bertz CT molecular complexity index is 739. The molecule has 0 bridgehead atoms. The standard InChI is InChI=1S/C20H20N2O2/c23-20(18-13-17(22-24-18)14-7-3-1-4-8-14)21-19(16-11-12-16)15-9-5-2-6-10-15/h1-10,16,18-19H,11-13H2,(H,21,23). The highest BCUT2D eigenvalue weighted by Gasteiger charge is 2.36. The second-order valence-electron chi connectivity index (χ2n) is 6.44. The van der Waals surface area contributed by atoms with Crippen LogP contribution in [0.4, 0.5) is 0 Å². The van der Waals surface area contributed by atoms with Crippen molar-refractivity contribution in [1.29, 1.82) is 0 Å². The van der Waals surface area contributed by atoms with Gasteiger partial charge < -0.3 is 10.2 Å². The van der Waals surface area contributed by atoms with Gasteiger partial charge in [-0.1, -0.05) is 65.8 Å². The van der Waals surface area contributed by atoms with E-state index in [2.05, 4.69) is 22.6 Å². The van der Waals surface area contributed by atoms with Crippen molar-refractivity contribution >= 4 is 11.6 Å². The van der Waals surface area contributed by atoms with Crippen molar-refractivity contribution in [3.63, 3.8) is 0 Å². The van der Waals surface area contributed by atoms with Gasteiger partial charge in [-0.25, -0.2) is 0 Å². The molecule has 0 radical (unpaired) electrons. The topological polar surface area (TPSA) is 50.7 Å². The highest BCUT2D eigenvalue weighted by atomic mass is 16.6. The van der Waals surface area contributed by atoms with E-state index >= 15 is 0 Å². The average Bonchev–Trinajstić information content (AvgIpc) is 3.36. The lowest BCUT2D eigenvalue weighted by atomic mass is 10.0. The largest absolute Gasteiger partial charge is 0.382 e. The number of nitrogens with zero attached hydrogens (tertiary/aromatic N) is 1. The second-order valence-corrected chi connectivity index (χ2v) is 6.44. The maximum Gasteiger partial charge on any atom is 0.264 e. The first-order valence-electron chi connectivity index (χ1n) is 8.45. The Balaban J connectivity index is 1.42. The summed E-state index contributed by atoms with van der Waals surface area (Å²) in [7, 11) is 0. The van der Waals surface area contributed by atoms with Crippen molar-refractivity contribution in [1.82, 2.24) is 5.32 Å². The summed E-state index contributed by atoms with van der Waals surface area (Å²) in [5, 5.41) is 7.28. The number of benzene rings is 2. The van der Waals surface area contributed by atoms with Gasteiger partial charge in [0.1, 0.15) is 0 Å². The predicted octanol–water partition coefficient (Wildman–Crippen LogP) is 3.45. The van der Waals surface area contributed by atoms with Crippen LogP contribution in [-0.2, 0) is 9.63 Å². The van der Waals surface area contributed by atoms with Gasteiger partial charge in [0.25, 0.3) is 5.91 Å².